The number of nitrogens with one attached hydrogen (secondary N) is 1. The second kappa shape index (κ2) is 8.81. The molecular formula is C24H26N4O3. The number of likely N-dealkylation sites (N-methyl/N-ethyl adjacent to an activating group) is 1. The lowest BCUT2D eigenvalue weighted by Gasteiger charge is -2.27. The van der Waals surface area contributed by atoms with Crippen LogP contribution in [-0.2, 0) is 22.5 Å². The van der Waals surface area contributed by atoms with E-state index < -0.39 is 18.0 Å². The summed E-state index contributed by atoms with van der Waals surface area (Å²) in [5, 5.41) is 3.50. The first-order valence-electron chi connectivity index (χ1n) is 10.5. The van der Waals surface area contributed by atoms with E-state index in [0.29, 0.717) is 24.3 Å². The number of ether oxygens (including phenoxy) is 1. The van der Waals surface area contributed by atoms with Gasteiger partial charge in [-0.25, -0.2) is 9.78 Å². The first-order chi connectivity index (χ1) is 15.0. The molecule has 4 rings (SSSR count). The lowest BCUT2D eigenvalue weighted by Crippen LogP contribution is -2.34. The van der Waals surface area contributed by atoms with Gasteiger partial charge in [-0.15, -0.1) is 0 Å². The third-order valence-corrected chi connectivity index (χ3v) is 5.49. The molecule has 0 aliphatic carbocycles. The average molecular weight is 418 g/mol. The fourth-order valence-corrected chi connectivity index (χ4v) is 3.89. The Morgan fingerprint density at radius 3 is 2.74 bits per heavy atom. The van der Waals surface area contributed by atoms with Crippen molar-refractivity contribution in [2.75, 3.05) is 18.9 Å². The van der Waals surface area contributed by atoms with Crippen LogP contribution in [0.2, 0.25) is 0 Å². The molecule has 0 saturated carbocycles. The minimum absolute atomic E-state index is 0.356. The predicted molar refractivity (Wildman–Crippen MR) is 119 cm³/mol. The number of benzene rings is 1. The van der Waals surface area contributed by atoms with Gasteiger partial charge in [0.15, 0.2) is 6.10 Å². The molecule has 1 aromatic carbocycles. The highest BCUT2D eigenvalue weighted by Crippen LogP contribution is 2.29. The van der Waals surface area contributed by atoms with Gasteiger partial charge in [-0.1, -0.05) is 31.2 Å². The van der Waals surface area contributed by atoms with Gasteiger partial charge < -0.3 is 15.0 Å². The number of anilines is 1. The fraction of sp³-hybridized carbons (Fsp3) is 0.333. The van der Waals surface area contributed by atoms with Crippen molar-refractivity contribution in [3.8, 4) is 0 Å². The van der Waals surface area contributed by atoms with Crippen LogP contribution in [-0.4, -0.2) is 46.4 Å². The molecule has 7 heteroatoms. The molecular weight excluding hydrogens is 392 g/mol. The molecule has 1 N–H and O–H groups in total. The van der Waals surface area contributed by atoms with Gasteiger partial charge in [-0.3, -0.25) is 9.78 Å². The van der Waals surface area contributed by atoms with Gasteiger partial charge in [0.1, 0.15) is 5.82 Å². The van der Waals surface area contributed by atoms with E-state index in [1.54, 1.807) is 6.07 Å². The first kappa shape index (κ1) is 20.9. The number of amides is 1. The number of pyridine rings is 2. The number of carbonyl (C=O) groups is 2. The zero-order valence-corrected chi connectivity index (χ0v) is 18.0. The largest absolute Gasteiger partial charge is 0.449 e. The molecule has 1 atom stereocenters. The van der Waals surface area contributed by atoms with Crippen molar-refractivity contribution in [2.24, 2.45) is 0 Å². The van der Waals surface area contributed by atoms with E-state index in [1.807, 2.05) is 57.3 Å². The van der Waals surface area contributed by atoms with Gasteiger partial charge in [0.25, 0.3) is 5.91 Å². The van der Waals surface area contributed by atoms with Crippen LogP contribution in [0.1, 0.15) is 40.7 Å². The van der Waals surface area contributed by atoms with E-state index in [-0.39, 0.29) is 0 Å². The summed E-state index contributed by atoms with van der Waals surface area (Å²) < 4.78 is 5.73. The summed E-state index contributed by atoms with van der Waals surface area (Å²) in [4.78, 5) is 37.3. The maximum absolute atomic E-state index is 13.4. The van der Waals surface area contributed by atoms with Gasteiger partial charge in [0.05, 0.1) is 11.1 Å². The number of hydrogen-bond acceptors (Lipinski definition) is 6. The van der Waals surface area contributed by atoms with E-state index in [1.165, 1.54) is 0 Å². The molecule has 3 aromatic rings. The van der Waals surface area contributed by atoms with Gasteiger partial charge in [0, 0.05) is 41.8 Å². The number of para-hydroxylation sites is 1. The van der Waals surface area contributed by atoms with Crippen molar-refractivity contribution in [1.29, 1.82) is 0 Å². The van der Waals surface area contributed by atoms with Crippen LogP contribution in [0.3, 0.4) is 0 Å². The van der Waals surface area contributed by atoms with Gasteiger partial charge in [0.2, 0.25) is 0 Å². The van der Waals surface area contributed by atoms with Crippen molar-refractivity contribution in [3.05, 3.63) is 65.0 Å². The number of rotatable bonds is 5. The summed E-state index contributed by atoms with van der Waals surface area (Å²) >= 11 is 0. The highest BCUT2D eigenvalue weighted by Gasteiger charge is 2.29. The fourth-order valence-electron chi connectivity index (χ4n) is 3.89. The zero-order valence-electron chi connectivity index (χ0n) is 18.0. The number of carbonyl (C=O) groups excluding carboxylic acids is 2. The van der Waals surface area contributed by atoms with Crippen molar-refractivity contribution >= 4 is 28.6 Å². The molecule has 7 nitrogen and oxygen atoms in total. The minimum Gasteiger partial charge on any atom is -0.449 e. The highest BCUT2D eigenvalue weighted by atomic mass is 16.5. The van der Waals surface area contributed by atoms with E-state index in [0.717, 1.165) is 40.8 Å². The third-order valence-electron chi connectivity index (χ3n) is 5.49. The van der Waals surface area contributed by atoms with Crippen LogP contribution in [0, 0.1) is 6.92 Å². The van der Waals surface area contributed by atoms with Crippen molar-refractivity contribution in [1.82, 2.24) is 14.9 Å². The Hall–Kier alpha value is -3.32. The second-order valence-electron chi connectivity index (χ2n) is 7.87. The Balaban J connectivity index is 1.64. The average Bonchev–Trinajstić information content (AvgIpc) is 2.75. The maximum Gasteiger partial charge on any atom is 0.340 e. The van der Waals surface area contributed by atoms with Crippen LogP contribution >= 0.6 is 0 Å². The molecule has 0 radical (unpaired) electrons. The molecule has 1 aliphatic rings. The van der Waals surface area contributed by atoms with E-state index in [2.05, 4.69) is 15.2 Å². The summed E-state index contributed by atoms with van der Waals surface area (Å²) in [6, 6.07) is 12.9. The number of esters is 1. The number of hydrogen-bond donors (Lipinski definition) is 1. The molecule has 0 bridgehead atoms. The molecule has 3 heterocycles. The Bertz CT molecular complexity index is 1140. The monoisotopic (exact) mass is 418 g/mol. The van der Waals surface area contributed by atoms with Gasteiger partial charge in [-0.2, -0.15) is 0 Å². The van der Waals surface area contributed by atoms with Crippen molar-refractivity contribution in [3.63, 3.8) is 0 Å². The standard InChI is InChI=1S/C24H26N4O3/c1-4-20(23(29)27-21-11-7-8-15(2)25-21)31-24(30)22-16-9-5-6-10-18(16)26-19-12-13-28(3)14-17(19)22/h5-11,20H,4,12-14H2,1-3H3,(H,25,27,29). The SMILES string of the molecule is CCC(OC(=O)c1c2c(nc3ccccc13)CCN(C)C2)C(=O)Nc1cccc(C)n1. The number of fused-ring (bicyclic) bond motifs is 2. The summed E-state index contributed by atoms with van der Waals surface area (Å²) in [6.45, 7) is 5.17. The smallest absolute Gasteiger partial charge is 0.340 e. The topological polar surface area (TPSA) is 84.4 Å². The molecule has 0 saturated heterocycles. The first-order valence-corrected chi connectivity index (χ1v) is 10.5. The summed E-state index contributed by atoms with van der Waals surface area (Å²) in [5.41, 5.74) is 3.87. The summed E-state index contributed by atoms with van der Waals surface area (Å²) in [7, 11) is 2.02. The minimum atomic E-state index is -0.918. The molecule has 31 heavy (non-hydrogen) atoms. The highest BCUT2D eigenvalue weighted by molar-refractivity contribution is 6.06. The van der Waals surface area contributed by atoms with Crippen LogP contribution in [0.4, 0.5) is 5.82 Å². The van der Waals surface area contributed by atoms with Crippen molar-refractivity contribution in [2.45, 2.75) is 39.3 Å². The van der Waals surface area contributed by atoms with E-state index in [9.17, 15) is 9.59 Å². The number of aryl methyl sites for hydroxylation is 1. The molecule has 1 amide bonds. The van der Waals surface area contributed by atoms with Crippen LogP contribution in [0.5, 0.6) is 0 Å². The predicted octanol–water partition coefficient (Wildman–Crippen LogP) is 3.50. The Labute approximate surface area is 181 Å². The maximum atomic E-state index is 13.4. The number of nitrogens with zero attached hydrogens (tertiary/aromatic N) is 3. The molecule has 0 fully saturated rings. The Morgan fingerprint density at radius 1 is 1.16 bits per heavy atom. The number of aromatic nitrogens is 2. The van der Waals surface area contributed by atoms with E-state index >= 15 is 0 Å². The molecule has 2 aromatic heterocycles. The van der Waals surface area contributed by atoms with Crippen LogP contribution in [0.25, 0.3) is 10.9 Å². The summed E-state index contributed by atoms with van der Waals surface area (Å²) in [6.07, 6.45) is 0.209. The lowest BCUT2D eigenvalue weighted by atomic mass is 9.96. The Kier molecular flexibility index (Phi) is 5.95. The van der Waals surface area contributed by atoms with Crippen LogP contribution < -0.4 is 5.32 Å². The summed E-state index contributed by atoms with van der Waals surface area (Å²) in [5.74, 6) is -0.449. The van der Waals surface area contributed by atoms with E-state index in [4.69, 9.17) is 9.72 Å². The molecule has 0 spiro atoms. The van der Waals surface area contributed by atoms with Gasteiger partial charge in [-0.05, 0) is 38.6 Å². The molecule has 160 valence electrons. The second-order valence-corrected chi connectivity index (χ2v) is 7.87. The third kappa shape index (κ3) is 4.41. The normalized spacial score (nSPS) is 14.7. The lowest BCUT2D eigenvalue weighted by molar-refractivity contribution is -0.124. The zero-order chi connectivity index (χ0) is 22.0. The van der Waals surface area contributed by atoms with Gasteiger partial charge >= 0.3 is 5.97 Å². The van der Waals surface area contributed by atoms with Crippen LogP contribution in [0.15, 0.2) is 42.5 Å². The molecule has 1 aliphatic heterocycles. The Morgan fingerprint density at radius 2 is 1.97 bits per heavy atom. The molecule has 1 unspecified atom stereocenters. The quantitative estimate of drug-likeness (QED) is 0.639. The van der Waals surface area contributed by atoms with Crippen molar-refractivity contribution < 1.29 is 14.3 Å².